The number of rotatable bonds is 3. The van der Waals surface area contributed by atoms with E-state index >= 15 is 0 Å². The Morgan fingerprint density at radius 1 is 0.941 bits per heavy atom. The van der Waals surface area contributed by atoms with Gasteiger partial charge in [0.25, 0.3) is 0 Å². The summed E-state index contributed by atoms with van der Waals surface area (Å²) in [5.41, 5.74) is -0.00858. The zero-order valence-corrected chi connectivity index (χ0v) is 12.1. The van der Waals surface area contributed by atoms with E-state index in [9.17, 15) is 8.42 Å². The Morgan fingerprint density at radius 3 is 1.82 bits per heavy atom. The second-order valence-electron chi connectivity index (χ2n) is 6.31. The van der Waals surface area contributed by atoms with Crippen LogP contribution in [0.5, 0.6) is 0 Å². The highest BCUT2D eigenvalue weighted by Gasteiger charge is 2.38. The molecule has 3 heteroatoms. The Hall–Kier alpha value is -0.830. The molecule has 0 aliphatic rings. The van der Waals surface area contributed by atoms with Crippen LogP contribution in [0.25, 0.3) is 0 Å². The van der Waals surface area contributed by atoms with E-state index in [1.807, 2.05) is 6.07 Å². The van der Waals surface area contributed by atoms with Gasteiger partial charge in [0.15, 0.2) is 9.84 Å². The molecule has 96 valence electrons. The lowest BCUT2D eigenvalue weighted by molar-refractivity contribution is 0.329. The molecule has 0 unspecified atom stereocenters. The quantitative estimate of drug-likeness (QED) is 0.824. The molecule has 0 aliphatic heterocycles. The summed E-state index contributed by atoms with van der Waals surface area (Å²) >= 11 is 0. The second kappa shape index (κ2) is 4.45. The molecule has 2 nitrogen and oxygen atoms in total. The fourth-order valence-electron chi connectivity index (χ4n) is 2.29. The molecule has 0 aromatic heterocycles. The van der Waals surface area contributed by atoms with Crippen molar-refractivity contribution < 1.29 is 8.42 Å². The van der Waals surface area contributed by atoms with Gasteiger partial charge in [-0.05, 0) is 37.8 Å². The molecule has 0 bridgehead atoms. The monoisotopic (exact) mass is 254 g/mol. The molecule has 0 spiro atoms. The van der Waals surface area contributed by atoms with Crippen LogP contribution in [0, 0.1) is 5.41 Å². The van der Waals surface area contributed by atoms with Crippen LogP contribution in [-0.4, -0.2) is 13.2 Å². The number of benzene rings is 1. The van der Waals surface area contributed by atoms with Gasteiger partial charge in [-0.3, -0.25) is 0 Å². The highest BCUT2D eigenvalue weighted by molar-refractivity contribution is 7.92. The summed E-state index contributed by atoms with van der Waals surface area (Å²) in [4.78, 5) is 0.411. The Bertz CT molecular complexity index is 465. The number of sulfone groups is 1. The molecular formula is C14H22O2S. The van der Waals surface area contributed by atoms with Crippen molar-refractivity contribution in [3.05, 3.63) is 30.3 Å². The molecule has 1 aromatic rings. The van der Waals surface area contributed by atoms with Crippen LogP contribution in [0.1, 0.15) is 41.0 Å². The van der Waals surface area contributed by atoms with Gasteiger partial charge in [0, 0.05) is 0 Å². The Kier molecular flexibility index (Phi) is 3.72. The molecule has 1 aromatic carbocycles. The third-order valence-electron chi connectivity index (χ3n) is 2.74. The van der Waals surface area contributed by atoms with E-state index in [0.717, 1.165) is 0 Å². The summed E-state index contributed by atoms with van der Waals surface area (Å²) < 4.78 is 24.3. The maximum Gasteiger partial charge on any atom is 0.183 e. The Balaban J connectivity index is 3.15. The first-order valence-corrected chi connectivity index (χ1v) is 7.34. The molecule has 0 N–H and O–H groups in total. The molecule has 0 heterocycles. The summed E-state index contributed by atoms with van der Waals surface area (Å²) in [6.07, 6.45) is 0.636. The van der Waals surface area contributed by atoms with Gasteiger partial charge in [-0.15, -0.1) is 0 Å². The van der Waals surface area contributed by atoms with Gasteiger partial charge in [0.1, 0.15) is 0 Å². The molecule has 0 amide bonds. The first-order chi connectivity index (χ1) is 7.56. The highest BCUT2D eigenvalue weighted by atomic mass is 32.2. The zero-order valence-electron chi connectivity index (χ0n) is 11.3. The van der Waals surface area contributed by atoms with Gasteiger partial charge in [-0.25, -0.2) is 8.42 Å². The maximum atomic E-state index is 12.5. The van der Waals surface area contributed by atoms with E-state index in [0.29, 0.717) is 11.3 Å². The predicted molar refractivity (Wildman–Crippen MR) is 71.8 cm³/mol. The fraction of sp³-hybridized carbons (Fsp3) is 0.571. The maximum absolute atomic E-state index is 12.5. The number of hydrogen-bond donors (Lipinski definition) is 0. The van der Waals surface area contributed by atoms with Crippen molar-refractivity contribution in [2.24, 2.45) is 5.41 Å². The van der Waals surface area contributed by atoms with Crippen LogP contribution >= 0.6 is 0 Å². The SMILES string of the molecule is CC(C)(C)CC(C)(C)S(=O)(=O)c1ccccc1. The van der Waals surface area contributed by atoms with E-state index in [1.54, 1.807) is 38.1 Å². The van der Waals surface area contributed by atoms with Gasteiger partial charge in [0.2, 0.25) is 0 Å². The lowest BCUT2D eigenvalue weighted by Crippen LogP contribution is -2.36. The van der Waals surface area contributed by atoms with Crippen LogP contribution in [0.2, 0.25) is 0 Å². The van der Waals surface area contributed by atoms with Crippen molar-refractivity contribution in [1.82, 2.24) is 0 Å². The molecule has 0 fully saturated rings. The lowest BCUT2D eigenvalue weighted by atomic mass is 9.86. The molecule has 1 rings (SSSR count). The van der Waals surface area contributed by atoms with Crippen molar-refractivity contribution in [2.45, 2.75) is 50.7 Å². The van der Waals surface area contributed by atoms with Crippen molar-refractivity contribution in [3.8, 4) is 0 Å². The van der Waals surface area contributed by atoms with E-state index < -0.39 is 14.6 Å². The summed E-state index contributed by atoms with van der Waals surface area (Å²) in [6, 6.07) is 8.69. The smallest absolute Gasteiger partial charge is 0.183 e. The van der Waals surface area contributed by atoms with E-state index in [-0.39, 0.29) is 5.41 Å². The molecular weight excluding hydrogens is 232 g/mol. The van der Waals surface area contributed by atoms with Crippen LogP contribution in [0.3, 0.4) is 0 Å². The molecule has 0 atom stereocenters. The highest BCUT2D eigenvalue weighted by Crippen LogP contribution is 2.35. The van der Waals surface area contributed by atoms with Crippen LogP contribution in [0.4, 0.5) is 0 Å². The number of hydrogen-bond acceptors (Lipinski definition) is 2. The minimum Gasteiger partial charge on any atom is -0.223 e. The fourth-order valence-corrected chi connectivity index (χ4v) is 4.07. The third kappa shape index (κ3) is 3.32. The average molecular weight is 254 g/mol. The van der Waals surface area contributed by atoms with Crippen molar-refractivity contribution in [2.75, 3.05) is 0 Å². The van der Waals surface area contributed by atoms with Gasteiger partial charge in [-0.1, -0.05) is 39.0 Å². The normalized spacial score (nSPS) is 13.7. The van der Waals surface area contributed by atoms with Gasteiger partial charge in [0.05, 0.1) is 9.64 Å². The van der Waals surface area contributed by atoms with Crippen LogP contribution in [-0.2, 0) is 9.84 Å². The minimum absolute atomic E-state index is 0.00858. The molecule has 0 radical (unpaired) electrons. The molecule has 0 saturated heterocycles. The van der Waals surface area contributed by atoms with Crippen LogP contribution in [0.15, 0.2) is 35.2 Å². The van der Waals surface area contributed by atoms with Crippen molar-refractivity contribution in [3.63, 3.8) is 0 Å². The summed E-state index contributed by atoms with van der Waals surface area (Å²) in [5, 5.41) is 0. The average Bonchev–Trinajstić information content (AvgIpc) is 2.15. The van der Waals surface area contributed by atoms with Crippen LogP contribution < -0.4 is 0 Å². The second-order valence-corrected chi connectivity index (χ2v) is 8.90. The predicted octanol–water partition coefficient (Wildman–Crippen LogP) is 3.68. The standard InChI is InChI=1S/C14H22O2S/c1-13(2,3)11-14(4,5)17(15,16)12-9-7-6-8-10-12/h6-10H,11H2,1-5H3. The summed E-state index contributed by atoms with van der Waals surface area (Å²) in [7, 11) is -3.27. The zero-order chi connectivity index (χ0) is 13.3. The molecule has 0 aliphatic carbocycles. The van der Waals surface area contributed by atoms with Gasteiger partial charge in [-0.2, -0.15) is 0 Å². The van der Waals surface area contributed by atoms with E-state index in [1.165, 1.54) is 0 Å². The van der Waals surface area contributed by atoms with Gasteiger partial charge < -0.3 is 0 Å². The molecule has 0 saturated carbocycles. The lowest BCUT2D eigenvalue weighted by Gasteiger charge is -2.32. The van der Waals surface area contributed by atoms with E-state index in [2.05, 4.69) is 20.8 Å². The largest absolute Gasteiger partial charge is 0.223 e. The van der Waals surface area contributed by atoms with Crippen molar-refractivity contribution in [1.29, 1.82) is 0 Å². The van der Waals surface area contributed by atoms with Gasteiger partial charge >= 0.3 is 0 Å². The van der Waals surface area contributed by atoms with E-state index in [4.69, 9.17) is 0 Å². The Morgan fingerprint density at radius 2 is 1.41 bits per heavy atom. The summed E-state index contributed by atoms with van der Waals surface area (Å²) in [6.45, 7) is 9.81. The topological polar surface area (TPSA) is 34.1 Å². The first-order valence-electron chi connectivity index (χ1n) is 5.86. The third-order valence-corrected chi connectivity index (χ3v) is 5.23. The minimum atomic E-state index is -3.27. The van der Waals surface area contributed by atoms with Crippen molar-refractivity contribution >= 4 is 9.84 Å². The molecule has 17 heavy (non-hydrogen) atoms. The first kappa shape index (κ1) is 14.2. The summed E-state index contributed by atoms with van der Waals surface area (Å²) in [5.74, 6) is 0. The Labute approximate surface area is 105 Å².